The van der Waals surface area contributed by atoms with Crippen LogP contribution in [0.3, 0.4) is 0 Å². The van der Waals surface area contributed by atoms with Crippen molar-refractivity contribution in [3.63, 3.8) is 0 Å². The third-order valence-corrected chi connectivity index (χ3v) is 5.03. The summed E-state index contributed by atoms with van der Waals surface area (Å²) in [6, 6.07) is 13.3. The van der Waals surface area contributed by atoms with E-state index < -0.39 is 17.6 Å². The molecule has 0 saturated carbocycles. The minimum atomic E-state index is -4.51. The van der Waals surface area contributed by atoms with Gasteiger partial charge in [-0.25, -0.2) is 0 Å². The molecule has 1 fully saturated rings. The van der Waals surface area contributed by atoms with Gasteiger partial charge in [0.1, 0.15) is 0 Å². The third kappa shape index (κ3) is 5.97. The molecule has 0 atom stereocenters. The number of likely N-dealkylation sites (N-methyl/N-ethyl adjacent to an activating group) is 1. The lowest BCUT2D eigenvalue weighted by atomic mass is 10.1. The monoisotopic (exact) mass is 405 g/mol. The number of alkyl halides is 3. The topological polar surface area (TPSA) is 35.6 Å². The van der Waals surface area contributed by atoms with Crippen LogP contribution in [0.15, 0.2) is 48.5 Å². The standard InChI is InChI=1S/C22H26F3N3O/c1-27(15-17-9-11-18(12-10-17)28-13-5-2-6-14-28)16-21(29)26-20-8-4-3-7-19(20)22(23,24)25/h3-4,7-12H,2,5-6,13-16H2,1H3,(H,26,29). The molecule has 4 nitrogen and oxygen atoms in total. The molecule has 29 heavy (non-hydrogen) atoms. The van der Waals surface area contributed by atoms with Crippen molar-refractivity contribution in [2.45, 2.75) is 32.0 Å². The number of benzene rings is 2. The first kappa shape index (κ1) is 21.2. The summed E-state index contributed by atoms with van der Waals surface area (Å²) in [7, 11) is 1.77. The lowest BCUT2D eigenvalue weighted by Crippen LogP contribution is -2.30. The van der Waals surface area contributed by atoms with E-state index >= 15 is 0 Å². The van der Waals surface area contributed by atoms with Gasteiger partial charge in [0.05, 0.1) is 17.8 Å². The van der Waals surface area contributed by atoms with E-state index in [0.29, 0.717) is 6.54 Å². The lowest BCUT2D eigenvalue weighted by Gasteiger charge is -2.29. The van der Waals surface area contributed by atoms with Crippen molar-refractivity contribution in [2.24, 2.45) is 0 Å². The number of piperidine rings is 1. The van der Waals surface area contributed by atoms with E-state index in [-0.39, 0.29) is 12.2 Å². The summed E-state index contributed by atoms with van der Waals surface area (Å²) in [6.45, 7) is 2.70. The van der Waals surface area contributed by atoms with Gasteiger partial charge >= 0.3 is 6.18 Å². The molecular formula is C22H26F3N3O. The molecule has 0 bridgehead atoms. The number of hydrogen-bond donors (Lipinski definition) is 1. The third-order valence-electron chi connectivity index (χ3n) is 5.03. The maximum absolute atomic E-state index is 13.1. The Balaban J connectivity index is 1.54. The van der Waals surface area contributed by atoms with E-state index in [1.54, 1.807) is 11.9 Å². The van der Waals surface area contributed by atoms with Crippen molar-refractivity contribution in [2.75, 3.05) is 36.9 Å². The quantitative estimate of drug-likeness (QED) is 0.752. The predicted molar refractivity (Wildman–Crippen MR) is 109 cm³/mol. The van der Waals surface area contributed by atoms with Gasteiger partial charge in [-0.1, -0.05) is 24.3 Å². The molecule has 0 aromatic heterocycles. The zero-order chi connectivity index (χ0) is 20.9. The number of nitrogens with one attached hydrogen (secondary N) is 1. The molecule has 1 N–H and O–H groups in total. The molecule has 1 saturated heterocycles. The smallest absolute Gasteiger partial charge is 0.372 e. The second kappa shape index (κ2) is 9.31. The zero-order valence-electron chi connectivity index (χ0n) is 16.5. The summed E-state index contributed by atoms with van der Waals surface area (Å²) in [5.74, 6) is -0.478. The molecule has 0 unspecified atom stereocenters. The molecule has 3 rings (SSSR count). The van der Waals surface area contributed by atoms with Crippen molar-refractivity contribution in [1.29, 1.82) is 0 Å². The van der Waals surface area contributed by atoms with Crippen molar-refractivity contribution >= 4 is 17.3 Å². The summed E-state index contributed by atoms with van der Waals surface area (Å²) >= 11 is 0. The molecule has 1 aliphatic rings. The van der Waals surface area contributed by atoms with Crippen LogP contribution in [0.2, 0.25) is 0 Å². The number of carbonyl (C=O) groups excluding carboxylic acids is 1. The fraction of sp³-hybridized carbons (Fsp3) is 0.409. The van der Waals surface area contributed by atoms with Gasteiger partial charge in [-0.2, -0.15) is 13.2 Å². The van der Waals surface area contributed by atoms with Gasteiger partial charge < -0.3 is 10.2 Å². The zero-order valence-corrected chi connectivity index (χ0v) is 16.5. The molecule has 2 aromatic carbocycles. The number of rotatable bonds is 6. The molecule has 0 spiro atoms. The Labute approximate surface area is 169 Å². The van der Waals surface area contributed by atoms with Gasteiger partial charge in [0.2, 0.25) is 5.91 Å². The van der Waals surface area contributed by atoms with E-state index in [1.807, 2.05) is 12.1 Å². The predicted octanol–water partition coefficient (Wildman–Crippen LogP) is 4.77. The summed E-state index contributed by atoms with van der Waals surface area (Å²) in [6.07, 6.45) is -0.783. The van der Waals surface area contributed by atoms with E-state index in [9.17, 15) is 18.0 Å². The fourth-order valence-electron chi connectivity index (χ4n) is 3.61. The van der Waals surface area contributed by atoms with E-state index in [1.165, 1.54) is 43.1 Å². The number of para-hydroxylation sites is 1. The van der Waals surface area contributed by atoms with Crippen LogP contribution in [0.1, 0.15) is 30.4 Å². The normalized spacial score (nSPS) is 14.9. The minimum absolute atomic E-state index is 0.0000673. The van der Waals surface area contributed by atoms with Gasteiger partial charge in [0, 0.05) is 25.3 Å². The highest BCUT2D eigenvalue weighted by Crippen LogP contribution is 2.34. The molecular weight excluding hydrogens is 379 g/mol. The first-order valence-electron chi connectivity index (χ1n) is 9.81. The average molecular weight is 405 g/mol. The lowest BCUT2D eigenvalue weighted by molar-refractivity contribution is -0.137. The average Bonchev–Trinajstić information content (AvgIpc) is 2.68. The molecule has 2 aromatic rings. The van der Waals surface area contributed by atoms with Crippen LogP contribution >= 0.6 is 0 Å². The largest absolute Gasteiger partial charge is 0.418 e. The number of hydrogen-bond acceptors (Lipinski definition) is 3. The Morgan fingerprint density at radius 1 is 1.03 bits per heavy atom. The Hall–Kier alpha value is -2.54. The van der Waals surface area contributed by atoms with Crippen LogP contribution in [-0.2, 0) is 17.5 Å². The van der Waals surface area contributed by atoms with E-state index in [4.69, 9.17) is 0 Å². The van der Waals surface area contributed by atoms with Crippen LogP contribution in [0.4, 0.5) is 24.5 Å². The molecule has 0 aliphatic carbocycles. The summed E-state index contributed by atoms with van der Waals surface area (Å²) < 4.78 is 39.2. The van der Waals surface area contributed by atoms with Gasteiger partial charge in [-0.3, -0.25) is 9.69 Å². The molecule has 1 aliphatic heterocycles. The first-order valence-corrected chi connectivity index (χ1v) is 9.81. The molecule has 156 valence electrons. The van der Waals surface area contributed by atoms with E-state index in [2.05, 4.69) is 22.3 Å². The molecule has 0 radical (unpaired) electrons. The highest BCUT2D eigenvalue weighted by molar-refractivity contribution is 5.93. The van der Waals surface area contributed by atoms with E-state index in [0.717, 1.165) is 24.7 Å². The Morgan fingerprint density at radius 2 is 1.69 bits per heavy atom. The van der Waals surface area contributed by atoms with Crippen LogP contribution in [0, 0.1) is 0 Å². The van der Waals surface area contributed by atoms with Gasteiger partial charge in [0.25, 0.3) is 0 Å². The highest BCUT2D eigenvalue weighted by atomic mass is 19.4. The second-order valence-corrected chi connectivity index (χ2v) is 7.48. The first-order chi connectivity index (χ1) is 13.8. The summed E-state index contributed by atoms with van der Waals surface area (Å²) in [5.41, 5.74) is 1.20. The number of amides is 1. The molecule has 7 heteroatoms. The van der Waals surface area contributed by atoms with Crippen LogP contribution in [0.5, 0.6) is 0 Å². The van der Waals surface area contributed by atoms with Gasteiger partial charge in [-0.15, -0.1) is 0 Å². The van der Waals surface area contributed by atoms with Gasteiger partial charge in [0.15, 0.2) is 0 Å². The Bertz CT molecular complexity index is 815. The van der Waals surface area contributed by atoms with Crippen LogP contribution < -0.4 is 10.2 Å². The second-order valence-electron chi connectivity index (χ2n) is 7.48. The number of carbonyl (C=O) groups is 1. The fourth-order valence-corrected chi connectivity index (χ4v) is 3.61. The summed E-state index contributed by atoms with van der Waals surface area (Å²) in [5, 5.41) is 2.38. The summed E-state index contributed by atoms with van der Waals surface area (Å²) in [4.78, 5) is 16.4. The maximum Gasteiger partial charge on any atom is 0.418 e. The SMILES string of the molecule is CN(CC(=O)Nc1ccccc1C(F)(F)F)Cc1ccc(N2CCCCC2)cc1. The van der Waals surface area contributed by atoms with Crippen molar-refractivity contribution < 1.29 is 18.0 Å². The maximum atomic E-state index is 13.1. The molecule has 1 heterocycles. The van der Waals surface area contributed by atoms with Crippen molar-refractivity contribution in [1.82, 2.24) is 4.90 Å². The van der Waals surface area contributed by atoms with Crippen molar-refractivity contribution in [3.8, 4) is 0 Å². The number of halogens is 3. The van der Waals surface area contributed by atoms with Crippen LogP contribution in [0.25, 0.3) is 0 Å². The molecule has 1 amide bonds. The number of anilines is 2. The Kier molecular flexibility index (Phi) is 6.79. The highest BCUT2D eigenvalue weighted by Gasteiger charge is 2.33. The minimum Gasteiger partial charge on any atom is -0.372 e. The number of nitrogens with zero attached hydrogens (tertiary/aromatic N) is 2. The van der Waals surface area contributed by atoms with Crippen LogP contribution in [-0.4, -0.2) is 37.5 Å². The Morgan fingerprint density at radius 3 is 2.34 bits per heavy atom. The van der Waals surface area contributed by atoms with Crippen molar-refractivity contribution in [3.05, 3.63) is 59.7 Å². The van der Waals surface area contributed by atoms with Gasteiger partial charge in [-0.05, 0) is 56.1 Å².